The SMILES string of the molecule is CNCc1nc(=O)[nH]c2c1CSC2. The first-order chi connectivity index (χ1) is 6.31. The first kappa shape index (κ1) is 8.77. The third kappa shape index (κ3) is 1.62. The van der Waals surface area contributed by atoms with Gasteiger partial charge >= 0.3 is 5.69 Å². The quantitative estimate of drug-likeness (QED) is 0.713. The van der Waals surface area contributed by atoms with Crippen LogP contribution in [0.15, 0.2) is 4.79 Å². The molecule has 2 N–H and O–H groups in total. The molecule has 0 amide bonds. The summed E-state index contributed by atoms with van der Waals surface area (Å²) in [6, 6.07) is 0. The van der Waals surface area contributed by atoms with Crippen LogP contribution in [0.1, 0.15) is 17.0 Å². The van der Waals surface area contributed by atoms with Crippen molar-refractivity contribution in [1.82, 2.24) is 15.3 Å². The zero-order chi connectivity index (χ0) is 9.26. The van der Waals surface area contributed by atoms with Gasteiger partial charge in [-0.15, -0.1) is 0 Å². The number of nitrogens with one attached hydrogen (secondary N) is 2. The summed E-state index contributed by atoms with van der Waals surface area (Å²) in [6.45, 7) is 0.673. The summed E-state index contributed by atoms with van der Waals surface area (Å²) in [5.41, 5.74) is 2.92. The molecule has 70 valence electrons. The minimum absolute atomic E-state index is 0.230. The summed E-state index contributed by atoms with van der Waals surface area (Å²) in [4.78, 5) is 17.8. The van der Waals surface area contributed by atoms with Gasteiger partial charge in [0.25, 0.3) is 0 Å². The lowest BCUT2D eigenvalue weighted by molar-refractivity contribution is 0.765. The van der Waals surface area contributed by atoms with Gasteiger partial charge in [-0.1, -0.05) is 0 Å². The van der Waals surface area contributed by atoms with Gasteiger partial charge in [0.1, 0.15) is 0 Å². The van der Waals surface area contributed by atoms with E-state index < -0.39 is 0 Å². The molecule has 0 fully saturated rings. The van der Waals surface area contributed by atoms with Crippen LogP contribution in [0, 0.1) is 0 Å². The summed E-state index contributed by atoms with van der Waals surface area (Å²) in [5.74, 6) is 1.87. The van der Waals surface area contributed by atoms with Crippen molar-refractivity contribution in [2.75, 3.05) is 7.05 Å². The number of nitrogens with zero attached hydrogens (tertiary/aromatic N) is 1. The third-order valence-corrected chi connectivity index (χ3v) is 3.03. The smallest absolute Gasteiger partial charge is 0.314 e. The Morgan fingerprint density at radius 2 is 2.46 bits per heavy atom. The van der Waals surface area contributed by atoms with E-state index in [0.29, 0.717) is 6.54 Å². The predicted molar refractivity (Wildman–Crippen MR) is 52.6 cm³/mol. The van der Waals surface area contributed by atoms with Crippen molar-refractivity contribution in [2.45, 2.75) is 18.1 Å². The lowest BCUT2D eigenvalue weighted by Gasteiger charge is -2.04. The fourth-order valence-electron chi connectivity index (χ4n) is 1.46. The van der Waals surface area contributed by atoms with E-state index in [2.05, 4.69) is 15.3 Å². The van der Waals surface area contributed by atoms with E-state index in [1.54, 1.807) is 0 Å². The minimum Gasteiger partial charge on any atom is -0.314 e. The molecule has 0 saturated heterocycles. The Balaban J connectivity index is 2.49. The summed E-state index contributed by atoms with van der Waals surface area (Å²) in [5, 5.41) is 3.02. The molecule has 2 rings (SSSR count). The molecule has 1 aromatic heterocycles. The topological polar surface area (TPSA) is 57.8 Å². The fourth-order valence-corrected chi connectivity index (χ4v) is 2.56. The maximum atomic E-state index is 11.1. The first-order valence-electron chi connectivity index (χ1n) is 4.14. The van der Waals surface area contributed by atoms with Gasteiger partial charge in [0, 0.05) is 29.3 Å². The van der Waals surface area contributed by atoms with Crippen LogP contribution in [0.5, 0.6) is 0 Å². The van der Waals surface area contributed by atoms with E-state index in [4.69, 9.17) is 0 Å². The molecule has 1 aliphatic heterocycles. The molecule has 1 aliphatic rings. The molecule has 13 heavy (non-hydrogen) atoms. The standard InChI is InChI=1S/C8H11N3OS/c1-9-2-6-5-3-13-4-7(5)11-8(12)10-6/h9H,2-4H2,1H3,(H,10,11,12). The number of thioether (sulfide) groups is 1. The van der Waals surface area contributed by atoms with Crippen molar-refractivity contribution < 1.29 is 0 Å². The van der Waals surface area contributed by atoms with Crippen LogP contribution in [0.25, 0.3) is 0 Å². The molecule has 5 heteroatoms. The average molecular weight is 197 g/mol. The van der Waals surface area contributed by atoms with Crippen LogP contribution in [-0.2, 0) is 18.1 Å². The van der Waals surface area contributed by atoms with Gasteiger partial charge in [0.15, 0.2) is 0 Å². The number of aromatic nitrogens is 2. The summed E-state index contributed by atoms with van der Waals surface area (Å²) < 4.78 is 0. The largest absolute Gasteiger partial charge is 0.345 e. The molecular formula is C8H11N3OS. The van der Waals surface area contributed by atoms with Crippen molar-refractivity contribution in [1.29, 1.82) is 0 Å². The fraction of sp³-hybridized carbons (Fsp3) is 0.500. The molecule has 0 atom stereocenters. The van der Waals surface area contributed by atoms with E-state index >= 15 is 0 Å². The molecule has 0 spiro atoms. The van der Waals surface area contributed by atoms with Gasteiger partial charge in [-0.2, -0.15) is 16.7 Å². The highest BCUT2D eigenvalue weighted by molar-refractivity contribution is 7.98. The second-order valence-corrected chi connectivity index (χ2v) is 3.95. The van der Waals surface area contributed by atoms with E-state index in [0.717, 1.165) is 22.9 Å². The van der Waals surface area contributed by atoms with Crippen LogP contribution < -0.4 is 11.0 Å². The molecule has 0 aliphatic carbocycles. The number of rotatable bonds is 2. The first-order valence-corrected chi connectivity index (χ1v) is 5.30. The van der Waals surface area contributed by atoms with Crippen molar-refractivity contribution in [3.05, 3.63) is 27.4 Å². The normalized spacial score (nSPS) is 14.5. The Labute approximate surface area is 80.2 Å². The number of aromatic amines is 1. The molecule has 0 radical (unpaired) electrons. The molecule has 0 unspecified atom stereocenters. The van der Waals surface area contributed by atoms with Gasteiger partial charge < -0.3 is 10.3 Å². The van der Waals surface area contributed by atoms with Crippen LogP contribution in [0.4, 0.5) is 0 Å². The highest BCUT2D eigenvalue weighted by Gasteiger charge is 2.17. The molecular weight excluding hydrogens is 186 g/mol. The predicted octanol–water partition coefficient (Wildman–Crippen LogP) is 0.236. The van der Waals surface area contributed by atoms with Gasteiger partial charge in [-0.25, -0.2) is 4.79 Å². The Bertz CT molecular complexity index is 374. The Morgan fingerprint density at radius 1 is 1.62 bits per heavy atom. The number of hydrogen-bond acceptors (Lipinski definition) is 4. The van der Waals surface area contributed by atoms with Gasteiger partial charge in [-0.05, 0) is 7.05 Å². The Hall–Kier alpha value is -0.810. The second kappa shape index (κ2) is 3.51. The summed E-state index contributed by atoms with van der Waals surface area (Å²) in [6.07, 6.45) is 0. The minimum atomic E-state index is -0.230. The average Bonchev–Trinajstić information content (AvgIpc) is 2.52. The van der Waals surface area contributed by atoms with E-state index in [1.807, 2.05) is 18.8 Å². The van der Waals surface area contributed by atoms with Crippen molar-refractivity contribution in [3.63, 3.8) is 0 Å². The van der Waals surface area contributed by atoms with E-state index in [9.17, 15) is 4.79 Å². The third-order valence-electron chi connectivity index (χ3n) is 2.04. The number of hydrogen-bond donors (Lipinski definition) is 2. The molecule has 1 aromatic rings. The zero-order valence-corrected chi connectivity index (χ0v) is 8.20. The molecule has 0 saturated carbocycles. The van der Waals surface area contributed by atoms with Crippen LogP contribution in [0.3, 0.4) is 0 Å². The van der Waals surface area contributed by atoms with E-state index in [1.165, 1.54) is 5.56 Å². The lowest BCUT2D eigenvalue weighted by Crippen LogP contribution is -2.20. The number of fused-ring (bicyclic) bond motifs is 1. The monoisotopic (exact) mass is 197 g/mol. The molecule has 4 nitrogen and oxygen atoms in total. The maximum Gasteiger partial charge on any atom is 0.345 e. The maximum absolute atomic E-state index is 11.1. The van der Waals surface area contributed by atoms with Gasteiger partial charge in [0.05, 0.1) is 5.69 Å². The highest BCUT2D eigenvalue weighted by atomic mass is 32.2. The van der Waals surface area contributed by atoms with Crippen molar-refractivity contribution >= 4 is 11.8 Å². The summed E-state index contributed by atoms with van der Waals surface area (Å²) in [7, 11) is 1.86. The Morgan fingerprint density at radius 3 is 3.23 bits per heavy atom. The number of H-pyrrole nitrogens is 1. The molecule has 2 heterocycles. The van der Waals surface area contributed by atoms with Crippen LogP contribution >= 0.6 is 11.8 Å². The van der Waals surface area contributed by atoms with Crippen molar-refractivity contribution in [2.24, 2.45) is 0 Å². The lowest BCUT2D eigenvalue weighted by atomic mass is 10.2. The summed E-state index contributed by atoms with van der Waals surface area (Å²) >= 11 is 1.81. The Kier molecular flexibility index (Phi) is 2.37. The van der Waals surface area contributed by atoms with E-state index in [-0.39, 0.29) is 5.69 Å². The van der Waals surface area contributed by atoms with Gasteiger partial charge in [-0.3, -0.25) is 0 Å². The molecule has 0 bridgehead atoms. The van der Waals surface area contributed by atoms with Gasteiger partial charge in [0.2, 0.25) is 0 Å². The van der Waals surface area contributed by atoms with Crippen LogP contribution in [0.2, 0.25) is 0 Å². The highest BCUT2D eigenvalue weighted by Crippen LogP contribution is 2.28. The molecule has 0 aromatic carbocycles. The zero-order valence-electron chi connectivity index (χ0n) is 7.39. The van der Waals surface area contributed by atoms with Crippen LogP contribution in [-0.4, -0.2) is 17.0 Å². The van der Waals surface area contributed by atoms with Crippen molar-refractivity contribution in [3.8, 4) is 0 Å². The second-order valence-electron chi connectivity index (χ2n) is 2.97.